The molecule has 2 aromatic heterocycles. The van der Waals surface area contributed by atoms with Crippen LogP contribution in [0.3, 0.4) is 0 Å². The minimum absolute atomic E-state index is 0.261. The molecule has 7 heteroatoms. The standard InChI is InChI=1S/C18H19N5O2/c19-17-7-14(12-2-1-5-20-8-12)22-18-13(9-21-23(17)18)11-3-4-15-16(6-11)25-10-24-15/h3-4,6-7,9,12,20H,1-2,5,8,10,19H2. The van der Waals surface area contributed by atoms with Gasteiger partial charge in [-0.15, -0.1) is 0 Å². The molecule has 2 aliphatic heterocycles. The summed E-state index contributed by atoms with van der Waals surface area (Å²) >= 11 is 0. The van der Waals surface area contributed by atoms with Gasteiger partial charge in [-0.1, -0.05) is 6.07 Å². The van der Waals surface area contributed by atoms with Crippen LogP contribution in [0.1, 0.15) is 24.5 Å². The van der Waals surface area contributed by atoms with Gasteiger partial charge in [0.2, 0.25) is 6.79 Å². The average molecular weight is 337 g/mol. The lowest BCUT2D eigenvalue weighted by Gasteiger charge is -2.22. The van der Waals surface area contributed by atoms with Crippen LogP contribution in [-0.4, -0.2) is 34.5 Å². The van der Waals surface area contributed by atoms with E-state index in [0.717, 1.165) is 59.9 Å². The number of benzene rings is 1. The number of nitrogens with zero attached hydrogens (tertiary/aromatic N) is 3. The van der Waals surface area contributed by atoms with Crippen molar-refractivity contribution < 1.29 is 9.47 Å². The lowest BCUT2D eigenvalue weighted by molar-refractivity contribution is 0.174. The summed E-state index contributed by atoms with van der Waals surface area (Å²) in [5.74, 6) is 2.51. The highest BCUT2D eigenvalue weighted by Crippen LogP contribution is 2.37. The molecule has 0 spiro atoms. The van der Waals surface area contributed by atoms with Gasteiger partial charge in [0.05, 0.1) is 11.9 Å². The van der Waals surface area contributed by atoms with Gasteiger partial charge in [-0.2, -0.15) is 9.61 Å². The third-order valence-corrected chi connectivity index (χ3v) is 4.92. The van der Waals surface area contributed by atoms with E-state index in [4.69, 9.17) is 20.2 Å². The molecule has 3 aromatic rings. The Morgan fingerprint density at radius 3 is 3.00 bits per heavy atom. The molecule has 128 valence electrons. The quantitative estimate of drug-likeness (QED) is 0.745. The second kappa shape index (κ2) is 5.63. The van der Waals surface area contributed by atoms with Crippen LogP contribution >= 0.6 is 0 Å². The summed E-state index contributed by atoms with van der Waals surface area (Å²) in [4.78, 5) is 4.90. The van der Waals surface area contributed by atoms with E-state index >= 15 is 0 Å². The Balaban J connectivity index is 1.62. The summed E-state index contributed by atoms with van der Waals surface area (Å²) in [6.45, 7) is 2.27. The van der Waals surface area contributed by atoms with Crippen LogP contribution in [0.5, 0.6) is 11.5 Å². The molecule has 0 amide bonds. The normalized spacial score (nSPS) is 19.4. The Hall–Kier alpha value is -2.80. The Kier molecular flexibility index (Phi) is 3.27. The molecule has 2 aliphatic rings. The third kappa shape index (κ3) is 2.39. The highest BCUT2D eigenvalue weighted by atomic mass is 16.7. The maximum atomic E-state index is 6.24. The summed E-state index contributed by atoms with van der Waals surface area (Å²) in [6.07, 6.45) is 4.09. The Morgan fingerprint density at radius 2 is 2.12 bits per heavy atom. The van der Waals surface area contributed by atoms with Crippen molar-refractivity contribution >= 4 is 11.5 Å². The zero-order chi connectivity index (χ0) is 16.8. The smallest absolute Gasteiger partial charge is 0.231 e. The SMILES string of the molecule is Nc1cc(C2CCCNC2)nc2c(-c3ccc4c(c3)OCO4)cnn12. The first-order valence-corrected chi connectivity index (χ1v) is 8.54. The van der Waals surface area contributed by atoms with E-state index in [1.807, 2.05) is 24.3 Å². The van der Waals surface area contributed by atoms with Gasteiger partial charge in [-0.25, -0.2) is 4.98 Å². The predicted molar refractivity (Wildman–Crippen MR) is 93.8 cm³/mol. The molecule has 0 aliphatic carbocycles. The topological polar surface area (TPSA) is 86.7 Å². The number of anilines is 1. The van der Waals surface area contributed by atoms with Crippen LogP contribution in [0.15, 0.2) is 30.5 Å². The minimum Gasteiger partial charge on any atom is -0.454 e. The number of ether oxygens (including phenoxy) is 2. The van der Waals surface area contributed by atoms with Gasteiger partial charge in [-0.3, -0.25) is 0 Å². The number of nitrogens with two attached hydrogens (primary N) is 1. The summed E-state index contributed by atoms with van der Waals surface area (Å²) in [6, 6.07) is 7.82. The number of nitrogen functional groups attached to an aromatic ring is 1. The molecule has 4 heterocycles. The first-order chi connectivity index (χ1) is 12.3. The molecule has 1 atom stereocenters. The fraction of sp³-hybridized carbons (Fsp3) is 0.333. The maximum Gasteiger partial charge on any atom is 0.231 e. The first kappa shape index (κ1) is 14.5. The molecule has 0 radical (unpaired) electrons. The molecule has 0 saturated carbocycles. The molecule has 7 nitrogen and oxygen atoms in total. The van der Waals surface area contributed by atoms with Crippen LogP contribution < -0.4 is 20.5 Å². The molecule has 1 unspecified atom stereocenters. The van der Waals surface area contributed by atoms with Gasteiger partial charge in [0, 0.05) is 24.1 Å². The molecule has 0 bridgehead atoms. The number of fused-ring (bicyclic) bond motifs is 2. The van der Waals surface area contributed by atoms with E-state index in [9.17, 15) is 0 Å². The van der Waals surface area contributed by atoms with Gasteiger partial charge in [0.1, 0.15) is 5.82 Å². The zero-order valence-corrected chi connectivity index (χ0v) is 13.7. The number of nitrogens with one attached hydrogen (secondary N) is 1. The van der Waals surface area contributed by atoms with E-state index in [2.05, 4.69) is 10.4 Å². The number of hydrogen-bond acceptors (Lipinski definition) is 6. The van der Waals surface area contributed by atoms with E-state index in [-0.39, 0.29) is 6.79 Å². The zero-order valence-electron chi connectivity index (χ0n) is 13.7. The van der Waals surface area contributed by atoms with Crippen LogP contribution in [0, 0.1) is 0 Å². The second-order valence-electron chi connectivity index (χ2n) is 6.51. The van der Waals surface area contributed by atoms with Crippen molar-refractivity contribution in [2.24, 2.45) is 0 Å². The molecule has 25 heavy (non-hydrogen) atoms. The fourth-order valence-corrected chi connectivity index (χ4v) is 3.59. The summed E-state index contributed by atoms with van der Waals surface area (Å²) in [5.41, 5.74) is 9.98. The molecule has 1 fully saturated rings. The summed E-state index contributed by atoms with van der Waals surface area (Å²) < 4.78 is 12.6. The monoisotopic (exact) mass is 337 g/mol. The van der Waals surface area contributed by atoms with Gasteiger partial charge in [0.15, 0.2) is 17.1 Å². The first-order valence-electron chi connectivity index (χ1n) is 8.54. The van der Waals surface area contributed by atoms with Crippen LogP contribution in [0.4, 0.5) is 5.82 Å². The van der Waals surface area contributed by atoms with Crippen LogP contribution in [0.25, 0.3) is 16.8 Å². The second-order valence-corrected chi connectivity index (χ2v) is 6.51. The van der Waals surface area contributed by atoms with E-state index < -0.39 is 0 Å². The maximum absolute atomic E-state index is 6.24. The predicted octanol–water partition coefficient (Wildman–Crippen LogP) is 2.17. The van der Waals surface area contributed by atoms with Crippen molar-refractivity contribution in [2.45, 2.75) is 18.8 Å². The number of rotatable bonds is 2. The molecule has 3 N–H and O–H groups in total. The molecular formula is C18H19N5O2. The van der Waals surface area contributed by atoms with Gasteiger partial charge >= 0.3 is 0 Å². The van der Waals surface area contributed by atoms with Crippen molar-refractivity contribution in [1.29, 1.82) is 0 Å². The highest BCUT2D eigenvalue weighted by Gasteiger charge is 2.21. The molecule has 5 rings (SSSR count). The highest BCUT2D eigenvalue weighted by molar-refractivity contribution is 5.79. The lowest BCUT2D eigenvalue weighted by atomic mass is 9.96. The third-order valence-electron chi connectivity index (χ3n) is 4.92. The van der Waals surface area contributed by atoms with E-state index in [1.165, 1.54) is 0 Å². The van der Waals surface area contributed by atoms with Crippen LogP contribution in [-0.2, 0) is 0 Å². The molecular weight excluding hydrogens is 318 g/mol. The number of piperidine rings is 1. The minimum atomic E-state index is 0.261. The summed E-state index contributed by atoms with van der Waals surface area (Å²) in [5, 5.41) is 7.85. The largest absolute Gasteiger partial charge is 0.454 e. The van der Waals surface area contributed by atoms with Gasteiger partial charge in [-0.05, 0) is 37.1 Å². The number of aromatic nitrogens is 3. The van der Waals surface area contributed by atoms with Gasteiger partial charge in [0.25, 0.3) is 0 Å². The summed E-state index contributed by atoms with van der Waals surface area (Å²) in [7, 11) is 0. The van der Waals surface area contributed by atoms with Crippen molar-refractivity contribution in [3.63, 3.8) is 0 Å². The fourth-order valence-electron chi connectivity index (χ4n) is 3.59. The van der Waals surface area contributed by atoms with E-state index in [0.29, 0.717) is 11.7 Å². The van der Waals surface area contributed by atoms with Crippen molar-refractivity contribution in [3.8, 4) is 22.6 Å². The molecule has 1 saturated heterocycles. The Labute approximate surface area is 144 Å². The van der Waals surface area contributed by atoms with Crippen molar-refractivity contribution in [3.05, 3.63) is 36.2 Å². The lowest BCUT2D eigenvalue weighted by Crippen LogP contribution is -2.29. The van der Waals surface area contributed by atoms with Crippen LogP contribution in [0.2, 0.25) is 0 Å². The average Bonchev–Trinajstić information content (AvgIpc) is 3.28. The Bertz CT molecular complexity index is 946. The van der Waals surface area contributed by atoms with E-state index in [1.54, 1.807) is 10.7 Å². The van der Waals surface area contributed by atoms with Crippen molar-refractivity contribution in [2.75, 3.05) is 25.6 Å². The van der Waals surface area contributed by atoms with Gasteiger partial charge < -0.3 is 20.5 Å². The number of hydrogen-bond donors (Lipinski definition) is 2. The Morgan fingerprint density at radius 1 is 1.20 bits per heavy atom. The van der Waals surface area contributed by atoms with Crippen molar-refractivity contribution in [1.82, 2.24) is 19.9 Å². The molecule has 1 aromatic carbocycles.